The first-order valence-corrected chi connectivity index (χ1v) is 5.02. The number of rotatable bonds is 3. The fourth-order valence-electron chi connectivity index (χ4n) is 1.47. The minimum absolute atomic E-state index is 0.242. The molecule has 1 aromatic carbocycles. The topological polar surface area (TPSA) is 51.8 Å². The van der Waals surface area contributed by atoms with Crippen LogP contribution in [0.4, 0.5) is 4.39 Å². The van der Waals surface area contributed by atoms with Crippen molar-refractivity contribution in [2.24, 2.45) is 5.73 Å². The Hall–Kier alpha value is -1.81. The highest BCUT2D eigenvalue weighted by molar-refractivity contribution is 5.18. The highest BCUT2D eigenvalue weighted by Gasteiger charge is 2.09. The van der Waals surface area contributed by atoms with Gasteiger partial charge in [0, 0.05) is 12.4 Å². The van der Waals surface area contributed by atoms with Crippen LogP contribution in [0, 0.1) is 5.82 Å². The maximum absolute atomic E-state index is 12.7. The van der Waals surface area contributed by atoms with E-state index in [0.29, 0.717) is 12.2 Å². The number of nitrogens with zero attached hydrogens (tertiary/aromatic N) is 2. The average molecular weight is 217 g/mol. The van der Waals surface area contributed by atoms with Crippen molar-refractivity contribution in [1.29, 1.82) is 0 Å². The summed E-state index contributed by atoms with van der Waals surface area (Å²) in [5.41, 5.74) is 6.92. The summed E-state index contributed by atoms with van der Waals surface area (Å²) in [5.74, 6) is 0.361. The molecule has 2 rings (SSSR count). The van der Waals surface area contributed by atoms with E-state index in [1.165, 1.54) is 12.1 Å². The third-order valence-electron chi connectivity index (χ3n) is 2.29. The van der Waals surface area contributed by atoms with Crippen molar-refractivity contribution in [1.82, 2.24) is 9.97 Å². The van der Waals surface area contributed by atoms with Gasteiger partial charge >= 0.3 is 0 Å². The molecule has 0 aliphatic heterocycles. The third-order valence-corrected chi connectivity index (χ3v) is 2.29. The molecule has 1 aromatic heterocycles. The summed E-state index contributed by atoms with van der Waals surface area (Å²) in [7, 11) is 0. The summed E-state index contributed by atoms with van der Waals surface area (Å²) in [6.45, 7) is 0. The van der Waals surface area contributed by atoms with E-state index in [-0.39, 0.29) is 11.9 Å². The van der Waals surface area contributed by atoms with Crippen LogP contribution in [0.5, 0.6) is 0 Å². The highest BCUT2D eigenvalue weighted by Crippen LogP contribution is 2.12. The Morgan fingerprint density at radius 3 is 2.38 bits per heavy atom. The molecule has 82 valence electrons. The van der Waals surface area contributed by atoms with Crippen LogP contribution in [0.3, 0.4) is 0 Å². The zero-order valence-electron chi connectivity index (χ0n) is 8.68. The minimum Gasteiger partial charge on any atom is -0.321 e. The van der Waals surface area contributed by atoms with Crippen LogP contribution in [-0.4, -0.2) is 9.97 Å². The molecular formula is C12H12FN3. The van der Waals surface area contributed by atoms with Crippen LogP contribution in [0.25, 0.3) is 0 Å². The fraction of sp³-hybridized carbons (Fsp3) is 0.167. The second kappa shape index (κ2) is 4.81. The van der Waals surface area contributed by atoms with E-state index in [1.54, 1.807) is 30.6 Å². The summed E-state index contributed by atoms with van der Waals surface area (Å²) in [4.78, 5) is 8.16. The van der Waals surface area contributed by atoms with Crippen LogP contribution in [0.2, 0.25) is 0 Å². The summed E-state index contributed by atoms with van der Waals surface area (Å²) in [6, 6.07) is 7.78. The minimum atomic E-state index is -0.258. The van der Waals surface area contributed by atoms with Crippen molar-refractivity contribution >= 4 is 0 Å². The van der Waals surface area contributed by atoms with Crippen molar-refractivity contribution in [3.05, 3.63) is 59.9 Å². The monoisotopic (exact) mass is 217 g/mol. The molecule has 1 heterocycles. The molecule has 2 aromatic rings. The Balaban J connectivity index is 2.08. The quantitative estimate of drug-likeness (QED) is 0.853. The molecule has 3 nitrogen and oxygen atoms in total. The Bertz CT molecular complexity index is 442. The van der Waals surface area contributed by atoms with Gasteiger partial charge in [0.1, 0.15) is 11.6 Å². The van der Waals surface area contributed by atoms with E-state index < -0.39 is 0 Å². The van der Waals surface area contributed by atoms with Crippen molar-refractivity contribution < 1.29 is 4.39 Å². The molecule has 0 spiro atoms. The Morgan fingerprint density at radius 2 is 1.75 bits per heavy atom. The largest absolute Gasteiger partial charge is 0.321 e. The van der Waals surface area contributed by atoms with Gasteiger partial charge in [0.15, 0.2) is 0 Å². The molecule has 4 heteroatoms. The van der Waals surface area contributed by atoms with E-state index in [4.69, 9.17) is 5.73 Å². The predicted octanol–water partition coefficient (Wildman–Crippen LogP) is 1.86. The summed E-state index contributed by atoms with van der Waals surface area (Å²) < 4.78 is 12.7. The molecule has 0 aliphatic rings. The van der Waals surface area contributed by atoms with Crippen molar-refractivity contribution in [2.75, 3.05) is 0 Å². The molecule has 0 saturated carbocycles. The Kier molecular flexibility index (Phi) is 3.22. The van der Waals surface area contributed by atoms with Crippen LogP contribution < -0.4 is 5.73 Å². The zero-order chi connectivity index (χ0) is 11.4. The standard InChI is InChI=1S/C12H12FN3/c13-10-4-2-9(3-5-10)8-11(14)12-15-6-1-7-16-12/h1-7,11H,8,14H2. The number of hydrogen-bond donors (Lipinski definition) is 1. The normalized spacial score (nSPS) is 12.4. The molecule has 1 atom stereocenters. The summed E-state index contributed by atoms with van der Waals surface area (Å²) in [5, 5.41) is 0. The lowest BCUT2D eigenvalue weighted by Gasteiger charge is -2.09. The Labute approximate surface area is 93.2 Å². The van der Waals surface area contributed by atoms with Crippen LogP contribution in [0.15, 0.2) is 42.7 Å². The van der Waals surface area contributed by atoms with Crippen LogP contribution >= 0.6 is 0 Å². The summed E-state index contributed by atoms with van der Waals surface area (Å²) in [6.07, 6.45) is 3.92. The van der Waals surface area contributed by atoms with E-state index in [9.17, 15) is 4.39 Å². The zero-order valence-corrected chi connectivity index (χ0v) is 8.68. The van der Waals surface area contributed by atoms with E-state index >= 15 is 0 Å². The molecule has 0 aliphatic carbocycles. The lowest BCUT2D eigenvalue weighted by atomic mass is 10.1. The molecule has 0 saturated heterocycles. The van der Waals surface area contributed by atoms with Gasteiger partial charge in [0.25, 0.3) is 0 Å². The van der Waals surface area contributed by atoms with Crippen LogP contribution in [0.1, 0.15) is 17.4 Å². The first-order chi connectivity index (χ1) is 7.75. The van der Waals surface area contributed by atoms with Gasteiger partial charge in [-0.25, -0.2) is 14.4 Å². The molecule has 0 radical (unpaired) electrons. The van der Waals surface area contributed by atoms with Crippen molar-refractivity contribution in [2.45, 2.75) is 12.5 Å². The molecular weight excluding hydrogens is 205 g/mol. The maximum Gasteiger partial charge on any atom is 0.145 e. The van der Waals surface area contributed by atoms with Gasteiger partial charge in [-0.3, -0.25) is 0 Å². The third kappa shape index (κ3) is 2.61. The second-order valence-electron chi connectivity index (χ2n) is 3.54. The molecule has 1 unspecified atom stereocenters. The van der Waals surface area contributed by atoms with Gasteiger partial charge in [-0.15, -0.1) is 0 Å². The first-order valence-electron chi connectivity index (χ1n) is 5.02. The Morgan fingerprint density at radius 1 is 1.12 bits per heavy atom. The SMILES string of the molecule is NC(Cc1ccc(F)cc1)c1ncccn1. The van der Waals surface area contributed by atoms with Gasteiger partial charge in [0.2, 0.25) is 0 Å². The number of nitrogens with two attached hydrogens (primary N) is 1. The van der Waals surface area contributed by atoms with Gasteiger partial charge in [-0.2, -0.15) is 0 Å². The number of benzene rings is 1. The smallest absolute Gasteiger partial charge is 0.145 e. The van der Waals surface area contributed by atoms with E-state index in [0.717, 1.165) is 5.56 Å². The number of aromatic nitrogens is 2. The first kappa shape index (κ1) is 10.7. The lowest BCUT2D eigenvalue weighted by molar-refractivity contribution is 0.624. The average Bonchev–Trinajstić information content (AvgIpc) is 2.33. The van der Waals surface area contributed by atoms with Gasteiger partial charge in [0.05, 0.1) is 6.04 Å². The second-order valence-corrected chi connectivity index (χ2v) is 3.54. The van der Waals surface area contributed by atoms with Gasteiger partial charge in [-0.1, -0.05) is 12.1 Å². The fourth-order valence-corrected chi connectivity index (χ4v) is 1.47. The maximum atomic E-state index is 12.7. The molecule has 2 N–H and O–H groups in total. The van der Waals surface area contributed by atoms with Gasteiger partial charge < -0.3 is 5.73 Å². The van der Waals surface area contributed by atoms with Crippen molar-refractivity contribution in [3.8, 4) is 0 Å². The molecule has 0 fully saturated rings. The molecule has 0 bridgehead atoms. The number of halogens is 1. The predicted molar refractivity (Wildman–Crippen MR) is 59.1 cm³/mol. The van der Waals surface area contributed by atoms with Gasteiger partial charge in [-0.05, 0) is 30.2 Å². The van der Waals surface area contributed by atoms with Crippen LogP contribution in [-0.2, 0) is 6.42 Å². The number of hydrogen-bond acceptors (Lipinski definition) is 3. The molecule has 16 heavy (non-hydrogen) atoms. The highest BCUT2D eigenvalue weighted by atomic mass is 19.1. The summed E-state index contributed by atoms with van der Waals surface area (Å²) >= 11 is 0. The van der Waals surface area contributed by atoms with E-state index in [1.807, 2.05) is 0 Å². The molecule has 0 amide bonds. The van der Waals surface area contributed by atoms with E-state index in [2.05, 4.69) is 9.97 Å². The van der Waals surface area contributed by atoms with Crippen molar-refractivity contribution in [3.63, 3.8) is 0 Å². The lowest BCUT2D eigenvalue weighted by Crippen LogP contribution is -2.16.